The Bertz CT molecular complexity index is 1290. The highest BCUT2D eigenvalue weighted by molar-refractivity contribution is 5.87. The second-order valence-corrected chi connectivity index (χ2v) is 12.3. The van der Waals surface area contributed by atoms with Gasteiger partial charge < -0.3 is 14.2 Å². The Morgan fingerprint density at radius 1 is 1.02 bits per heavy atom. The molecule has 0 amide bonds. The molecule has 0 aliphatic heterocycles. The molecule has 218 valence electrons. The average molecular weight is 557 g/mol. The monoisotopic (exact) mass is 556 g/mol. The highest BCUT2D eigenvalue weighted by Crippen LogP contribution is 2.63. The van der Waals surface area contributed by atoms with Crippen molar-refractivity contribution in [1.82, 2.24) is 0 Å². The van der Waals surface area contributed by atoms with E-state index in [1.54, 1.807) is 27.0 Å². The predicted molar refractivity (Wildman–Crippen MR) is 162 cm³/mol. The lowest BCUT2D eigenvalue weighted by molar-refractivity contribution is -0.155. The fourth-order valence-electron chi connectivity index (χ4n) is 8.12. The number of benzene rings is 2. The third-order valence-electron chi connectivity index (χ3n) is 9.98. The topological polar surface area (TPSA) is 61.8 Å². The molecule has 2 saturated carbocycles. The van der Waals surface area contributed by atoms with Crippen molar-refractivity contribution >= 4 is 24.1 Å². The molecule has 0 radical (unpaired) electrons. The van der Waals surface area contributed by atoms with Gasteiger partial charge in [-0.3, -0.25) is 4.79 Å². The van der Waals surface area contributed by atoms with Gasteiger partial charge in [0.25, 0.3) is 0 Å². The van der Waals surface area contributed by atoms with Gasteiger partial charge in [0.1, 0.15) is 11.9 Å². The number of rotatable bonds is 9. The Labute approximate surface area is 245 Å². The van der Waals surface area contributed by atoms with E-state index in [-0.39, 0.29) is 23.5 Å². The molecule has 5 rings (SSSR count). The fourth-order valence-corrected chi connectivity index (χ4v) is 8.12. The number of carbonyl (C=O) groups is 2. The number of allylic oxidation sites excluding steroid dienone is 1. The van der Waals surface area contributed by atoms with Crippen LogP contribution in [0.5, 0.6) is 5.75 Å². The Hall–Kier alpha value is -3.34. The summed E-state index contributed by atoms with van der Waals surface area (Å²) in [5.41, 5.74) is 5.15. The van der Waals surface area contributed by atoms with Gasteiger partial charge in [0.15, 0.2) is 0 Å². The van der Waals surface area contributed by atoms with Crippen LogP contribution >= 0.6 is 0 Å². The number of hydrogen-bond acceptors (Lipinski definition) is 5. The van der Waals surface area contributed by atoms with Crippen molar-refractivity contribution in [3.8, 4) is 5.75 Å². The van der Waals surface area contributed by atoms with E-state index in [0.717, 1.165) is 61.8 Å². The SMILES string of the molecule is CCOC(=O)C=Cc1ccc(C=CCC[C@@H]2Cc3cc(OC)ccc3C3CC[C@@]4(C)C(CC[C@@H]4OC(C)=O)C32)cc1. The zero-order valence-electron chi connectivity index (χ0n) is 24.9. The molecule has 0 heterocycles. The normalized spacial score (nSPS) is 28.6. The Morgan fingerprint density at radius 2 is 1.78 bits per heavy atom. The van der Waals surface area contributed by atoms with E-state index in [0.29, 0.717) is 30.3 Å². The van der Waals surface area contributed by atoms with Crippen molar-refractivity contribution in [3.05, 3.63) is 76.9 Å². The summed E-state index contributed by atoms with van der Waals surface area (Å²) in [6.45, 7) is 6.12. The lowest BCUT2D eigenvalue weighted by Crippen LogP contribution is -2.48. The highest BCUT2D eigenvalue weighted by Gasteiger charge is 2.57. The maximum Gasteiger partial charge on any atom is 0.330 e. The second kappa shape index (κ2) is 12.7. The number of fused-ring (bicyclic) bond motifs is 5. The van der Waals surface area contributed by atoms with Crippen LogP contribution in [-0.2, 0) is 25.5 Å². The van der Waals surface area contributed by atoms with Crippen molar-refractivity contribution in [2.75, 3.05) is 13.7 Å². The van der Waals surface area contributed by atoms with Gasteiger partial charge in [-0.05, 0) is 116 Å². The van der Waals surface area contributed by atoms with Crippen LogP contribution in [0.1, 0.15) is 87.5 Å². The summed E-state index contributed by atoms with van der Waals surface area (Å²) >= 11 is 0. The van der Waals surface area contributed by atoms with Crippen LogP contribution < -0.4 is 4.74 Å². The van der Waals surface area contributed by atoms with Crippen molar-refractivity contribution in [3.63, 3.8) is 0 Å². The Morgan fingerprint density at radius 3 is 2.49 bits per heavy atom. The molecular weight excluding hydrogens is 512 g/mol. The van der Waals surface area contributed by atoms with E-state index in [9.17, 15) is 9.59 Å². The van der Waals surface area contributed by atoms with Gasteiger partial charge in [-0.15, -0.1) is 0 Å². The molecule has 5 nitrogen and oxygen atoms in total. The van der Waals surface area contributed by atoms with Crippen molar-refractivity contribution in [1.29, 1.82) is 0 Å². The van der Waals surface area contributed by atoms with Crippen molar-refractivity contribution < 1.29 is 23.8 Å². The molecule has 0 aromatic heterocycles. The van der Waals surface area contributed by atoms with Gasteiger partial charge in [0, 0.05) is 18.4 Å². The molecule has 0 saturated heterocycles. The second-order valence-electron chi connectivity index (χ2n) is 12.3. The number of esters is 2. The number of hydrogen-bond donors (Lipinski definition) is 0. The zero-order chi connectivity index (χ0) is 29.0. The van der Waals surface area contributed by atoms with Gasteiger partial charge in [0.2, 0.25) is 0 Å². The molecule has 2 fully saturated rings. The minimum atomic E-state index is -0.319. The molecule has 0 bridgehead atoms. The third-order valence-corrected chi connectivity index (χ3v) is 9.98. The summed E-state index contributed by atoms with van der Waals surface area (Å²) in [7, 11) is 1.75. The minimum absolute atomic E-state index is 0.0406. The first kappa shape index (κ1) is 29.2. The molecule has 3 aliphatic carbocycles. The van der Waals surface area contributed by atoms with Crippen molar-refractivity contribution in [2.45, 2.75) is 77.7 Å². The maximum atomic E-state index is 11.9. The summed E-state index contributed by atoms with van der Waals surface area (Å²) in [5.74, 6) is 2.80. The smallest absolute Gasteiger partial charge is 0.330 e. The van der Waals surface area contributed by atoms with Crippen LogP contribution in [0, 0.1) is 23.2 Å². The lowest BCUT2D eigenvalue weighted by atomic mass is 9.52. The van der Waals surface area contributed by atoms with Crippen LogP contribution in [-0.4, -0.2) is 31.8 Å². The third kappa shape index (κ3) is 6.29. The first-order valence-corrected chi connectivity index (χ1v) is 15.3. The number of methoxy groups -OCH3 is 1. The first-order chi connectivity index (χ1) is 19.8. The van der Waals surface area contributed by atoms with E-state index in [2.05, 4.69) is 49.4 Å². The molecule has 6 atom stereocenters. The van der Waals surface area contributed by atoms with E-state index < -0.39 is 0 Å². The number of ether oxygens (including phenoxy) is 3. The summed E-state index contributed by atoms with van der Waals surface area (Å²) in [5, 5.41) is 0. The fraction of sp³-hybridized carbons (Fsp3) is 0.500. The van der Waals surface area contributed by atoms with E-state index in [4.69, 9.17) is 14.2 Å². The summed E-state index contributed by atoms with van der Waals surface area (Å²) < 4.78 is 16.4. The van der Waals surface area contributed by atoms with Gasteiger partial charge in [0.05, 0.1) is 13.7 Å². The quantitative estimate of drug-likeness (QED) is 0.233. The van der Waals surface area contributed by atoms with Gasteiger partial charge >= 0.3 is 11.9 Å². The number of carbonyl (C=O) groups excluding carboxylic acids is 2. The summed E-state index contributed by atoms with van der Waals surface area (Å²) in [6, 6.07) is 14.9. The van der Waals surface area contributed by atoms with Crippen LogP contribution in [0.4, 0.5) is 0 Å². The van der Waals surface area contributed by atoms with Gasteiger partial charge in [-0.2, -0.15) is 0 Å². The van der Waals surface area contributed by atoms with Crippen molar-refractivity contribution in [2.24, 2.45) is 23.2 Å². The molecule has 0 spiro atoms. The van der Waals surface area contributed by atoms with Gasteiger partial charge in [-0.1, -0.05) is 49.4 Å². The standard InChI is InChI=1S/C36H44O5/c1-5-40-34(38)19-14-26-12-10-25(11-13-26)8-6-7-9-27-22-28-23-29(39-4)15-16-30(28)31-20-21-36(3)32(35(27)31)17-18-33(36)41-24(2)37/h6,8,10-16,19,23,27,31-33,35H,5,7,9,17-18,20-22H2,1-4H3/t27-,31?,32?,33+,35?,36+/m1/s1. The average Bonchev–Trinajstić information content (AvgIpc) is 3.29. The highest BCUT2D eigenvalue weighted by atomic mass is 16.5. The Kier molecular flexibility index (Phi) is 9.01. The molecule has 41 heavy (non-hydrogen) atoms. The molecule has 3 aliphatic rings. The van der Waals surface area contributed by atoms with Crippen LogP contribution in [0.25, 0.3) is 12.2 Å². The predicted octanol–water partition coefficient (Wildman–Crippen LogP) is 7.78. The van der Waals surface area contributed by atoms with Crippen LogP contribution in [0.2, 0.25) is 0 Å². The summed E-state index contributed by atoms with van der Waals surface area (Å²) in [4.78, 5) is 23.5. The molecule has 2 aromatic rings. The lowest BCUT2D eigenvalue weighted by Gasteiger charge is -2.53. The van der Waals surface area contributed by atoms with E-state index in [1.165, 1.54) is 17.2 Å². The first-order valence-electron chi connectivity index (χ1n) is 15.3. The minimum Gasteiger partial charge on any atom is -0.497 e. The largest absolute Gasteiger partial charge is 0.497 e. The van der Waals surface area contributed by atoms with Crippen LogP contribution in [0.3, 0.4) is 0 Å². The van der Waals surface area contributed by atoms with Gasteiger partial charge in [-0.25, -0.2) is 4.79 Å². The summed E-state index contributed by atoms with van der Waals surface area (Å²) in [6.07, 6.45) is 15.4. The molecule has 5 heteroatoms. The van der Waals surface area contributed by atoms with Crippen LogP contribution in [0.15, 0.2) is 54.6 Å². The maximum absolute atomic E-state index is 11.9. The molecular formula is C36H44O5. The van der Waals surface area contributed by atoms with E-state index >= 15 is 0 Å². The molecule has 2 aromatic carbocycles. The molecule has 0 N–H and O–H groups in total. The molecule has 3 unspecified atom stereocenters. The van der Waals surface area contributed by atoms with E-state index in [1.807, 2.05) is 12.1 Å². The zero-order valence-corrected chi connectivity index (χ0v) is 24.9. The Balaban J connectivity index is 1.30.